The van der Waals surface area contributed by atoms with Crippen LogP contribution in [-0.4, -0.2) is 46.7 Å². The predicted molar refractivity (Wildman–Crippen MR) is 120 cm³/mol. The summed E-state index contributed by atoms with van der Waals surface area (Å²) < 4.78 is 11.0. The lowest BCUT2D eigenvalue weighted by Crippen LogP contribution is -2.45. The highest BCUT2D eigenvalue weighted by molar-refractivity contribution is 5.70. The molecule has 1 aromatic carbocycles. The number of carbonyl (C=O) groups excluding carboxylic acids is 2. The first-order chi connectivity index (χ1) is 14.8. The number of allylic oxidation sites excluding steroid dienone is 2. The molecule has 0 N–H and O–H groups in total. The first-order valence-electron chi connectivity index (χ1n) is 11.2. The zero-order valence-electron chi connectivity index (χ0n) is 18.9. The number of benzene rings is 1. The van der Waals surface area contributed by atoms with Gasteiger partial charge < -0.3 is 14.4 Å². The highest BCUT2D eigenvalue weighted by Crippen LogP contribution is 2.23. The number of hydrogen-bond donors (Lipinski definition) is 0. The molecule has 2 amide bonds. The summed E-state index contributed by atoms with van der Waals surface area (Å²) in [7, 11) is 0. The van der Waals surface area contributed by atoms with Crippen LogP contribution in [0.1, 0.15) is 58.4 Å². The molecule has 31 heavy (non-hydrogen) atoms. The van der Waals surface area contributed by atoms with E-state index in [2.05, 4.69) is 6.08 Å². The number of likely N-dealkylation sites (tertiary alicyclic amines) is 1. The van der Waals surface area contributed by atoms with E-state index >= 15 is 0 Å². The number of piperidine rings is 1. The maximum Gasteiger partial charge on any atom is 0.414 e. The molecular formula is C25H34N2O4. The van der Waals surface area contributed by atoms with Crippen LogP contribution in [0.2, 0.25) is 0 Å². The van der Waals surface area contributed by atoms with Crippen LogP contribution >= 0.6 is 0 Å². The Kier molecular flexibility index (Phi) is 7.77. The number of carbonyl (C=O) groups is 2. The van der Waals surface area contributed by atoms with Crippen molar-refractivity contribution in [2.45, 2.75) is 71.1 Å². The van der Waals surface area contributed by atoms with E-state index in [0.717, 1.165) is 43.2 Å². The van der Waals surface area contributed by atoms with Gasteiger partial charge in [0, 0.05) is 19.3 Å². The molecule has 1 saturated heterocycles. The van der Waals surface area contributed by atoms with Gasteiger partial charge in [-0.25, -0.2) is 9.59 Å². The van der Waals surface area contributed by atoms with E-state index in [9.17, 15) is 9.59 Å². The van der Waals surface area contributed by atoms with E-state index in [4.69, 9.17) is 9.47 Å². The van der Waals surface area contributed by atoms with Crippen LogP contribution in [0.3, 0.4) is 0 Å². The van der Waals surface area contributed by atoms with Crippen molar-refractivity contribution in [1.29, 1.82) is 0 Å². The van der Waals surface area contributed by atoms with Gasteiger partial charge in [0.1, 0.15) is 12.2 Å². The van der Waals surface area contributed by atoms with Gasteiger partial charge in [-0.3, -0.25) is 4.90 Å². The number of ether oxygens (including phenoxy) is 2. The molecule has 6 heteroatoms. The summed E-state index contributed by atoms with van der Waals surface area (Å²) >= 11 is 0. The lowest BCUT2D eigenvalue weighted by Gasteiger charge is -2.35. The molecule has 0 bridgehead atoms. The summed E-state index contributed by atoms with van der Waals surface area (Å²) in [5, 5.41) is 0. The Morgan fingerprint density at radius 2 is 1.84 bits per heavy atom. The Balaban J connectivity index is 1.59. The first kappa shape index (κ1) is 22.9. The Bertz CT molecular complexity index is 811. The van der Waals surface area contributed by atoms with E-state index in [1.54, 1.807) is 4.90 Å². The normalized spacial score (nSPS) is 19.8. The van der Waals surface area contributed by atoms with Gasteiger partial charge in [-0.15, -0.1) is 0 Å². The summed E-state index contributed by atoms with van der Waals surface area (Å²) in [4.78, 5) is 28.5. The van der Waals surface area contributed by atoms with Gasteiger partial charge in [0.2, 0.25) is 0 Å². The number of hydrogen-bond acceptors (Lipinski definition) is 4. The molecule has 2 aliphatic rings. The molecule has 0 aromatic heterocycles. The van der Waals surface area contributed by atoms with Crippen LogP contribution in [0.15, 0.2) is 54.3 Å². The lowest BCUT2D eigenvalue weighted by atomic mass is 10.00. The molecule has 168 valence electrons. The minimum absolute atomic E-state index is 0.0184. The lowest BCUT2D eigenvalue weighted by molar-refractivity contribution is 0.0149. The minimum atomic E-state index is -0.505. The van der Waals surface area contributed by atoms with E-state index in [1.165, 1.54) is 0 Å². The minimum Gasteiger partial charge on any atom is -0.444 e. The van der Waals surface area contributed by atoms with Crippen LogP contribution < -0.4 is 0 Å². The van der Waals surface area contributed by atoms with Crippen LogP contribution in [0.5, 0.6) is 0 Å². The molecular weight excluding hydrogens is 392 g/mol. The van der Waals surface area contributed by atoms with E-state index in [0.29, 0.717) is 13.1 Å². The predicted octanol–water partition coefficient (Wildman–Crippen LogP) is 5.65. The second kappa shape index (κ2) is 10.5. The van der Waals surface area contributed by atoms with Crippen molar-refractivity contribution in [3.8, 4) is 0 Å². The van der Waals surface area contributed by atoms with Crippen molar-refractivity contribution < 1.29 is 19.1 Å². The molecule has 0 radical (unpaired) electrons. The van der Waals surface area contributed by atoms with Crippen molar-refractivity contribution in [2.75, 3.05) is 13.1 Å². The second-order valence-electron chi connectivity index (χ2n) is 9.14. The first-order valence-corrected chi connectivity index (χ1v) is 11.2. The van der Waals surface area contributed by atoms with Crippen molar-refractivity contribution in [1.82, 2.24) is 9.80 Å². The average Bonchev–Trinajstić information content (AvgIpc) is 2.76. The monoisotopic (exact) mass is 426 g/mol. The largest absolute Gasteiger partial charge is 0.444 e. The summed E-state index contributed by atoms with van der Waals surface area (Å²) in [5.74, 6) is 0. The maximum absolute atomic E-state index is 12.6. The molecule has 0 unspecified atom stereocenters. The summed E-state index contributed by atoms with van der Waals surface area (Å²) in [6, 6.07) is 9.69. The average molecular weight is 427 g/mol. The fraction of sp³-hybridized carbons (Fsp3) is 0.520. The quantitative estimate of drug-likeness (QED) is 0.624. The van der Waals surface area contributed by atoms with Gasteiger partial charge in [0.05, 0.1) is 6.04 Å². The molecule has 2 heterocycles. The molecule has 6 nitrogen and oxygen atoms in total. The van der Waals surface area contributed by atoms with Crippen LogP contribution in [0.4, 0.5) is 9.59 Å². The Hall–Kier alpha value is -2.76. The maximum atomic E-state index is 12.6. The van der Waals surface area contributed by atoms with Gasteiger partial charge in [-0.2, -0.15) is 0 Å². The van der Waals surface area contributed by atoms with Gasteiger partial charge in [-0.1, -0.05) is 42.5 Å². The van der Waals surface area contributed by atoms with E-state index in [1.807, 2.05) is 68.3 Å². The zero-order chi connectivity index (χ0) is 22.3. The van der Waals surface area contributed by atoms with Crippen molar-refractivity contribution in [2.24, 2.45) is 0 Å². The SMILES string of the molecule is CC(C)(C)OC(=O)N1CCCC[C@H]1/C=C/C1=CN(C(=O)OCc2ccccc2)CCC1. The fourth-order valence-electron chi connectivity index (χ4n) is 3.79. The fourth-order valence-corrected chi connectivity index (χ4v) is 3.79. The molecule has 0 aliphatic carbocycles. The Labute approximate surface area is 185 Å². The van der Waals surface area contributed by atoms with Crippen molar-refractivity contribution in [3.05, 3.63) is 59.8 Å². The topological polar surface area (TPSA) is 59.1 Å². The summed E-state index contributed by atoms with van der Waals surface area (Å²) in [6.45, 7) is 7.29. The van der Waals surface area contributed by atoms with E-state index < -0.39 is 5.60 Å². The Morgan fingerprint density at radius 3 is 2.58 bits per heavy atom. The summed E-state index contributed by atoms with van der Waals surface area (Å²) in [6.07, 6.45) is 10.2. The van der Waals surface area contributed by atoms with Gasteiger partial charge >= 0.3 is 12.2 Å². The van der Waals surface area contributed by atoms with E-state index in [-0.39, 0.29) is 24.8 Å². The van der Waals surface area contributed by atoms with Crippen LogP contribution in [-0.2, 0) is 16.1 Å². The van der Waals surface area contributed by atoms with Gasteiger partial charge in [0.25, 0.3) is 0 Å². The highest BCUT2D eigenvalue weighted by atomic mass is 16.6. The molecule has 1 atom stereocenters. The van der Waals surface area contributed by atoms with Gasteiger partial charge in [-0.05, 0) is 64.0 Å². The Morgan fingerprint density at radius 1 is 1.06 bits per heavy atom. The van der Waals surface area contributed by atoms with Gasteiger partial charge in [0.15, 0.2) is 0 Å². The summed E-state index contributed by atoms with van der Waals surface area (Å²) in [5.41, 5.74) is 1.53. The second-order valence-corrected chi connectivity index (χ2v) is 9.14. The van der Waals surface area contributed by atoms with Crippen molar-refractivity contribution in [3.63, 3.8) is 0 Å². The number of rotatable bonds is 4. The third-order valence-corrected chi connectivity index (χ3v) is 5.34. The molecule has 0 spiro atoms. The standard InChI is InChI=1S/C25H34N2O4/c1-25(2,3)31-24(29)27-17-8-7-13-22(27)15-14-20-12-9-16-26(18-20)23(28)30-19-21-10-5-4-6-11-21/h4-6,10-11,14-15,18,22H,7-9,12-13,16-17,19H2,1-3H3/b15-14+/t22-/m0/s1. The van der Waals surface area contributed by atoms with Crippen molar-refractivity contribution >= 4 is 12.2 Å². The number of nitrogens with zero attached hydrogens (tertiary/aromatic N) is 2. The molecule has 1 fully saturated rings. The number of amides is 2. The molecule has 3 rings (SSSR count). The molecule has 2 aliphatic heterocycles. The van der Waals surface area contributed by atoms with Crippen LogP contribution in [0, 0.1) is 0 Å². The van der Waals surface area contributed by atoms with Crippen LogP contribution in [0.25, 0.3) is 0 Å². The third-order valence-electron chi connectivity index (χ3n) is 5.34. The zero-order valence-corrected chi connectivity index (χ0v) is 18.9. The third kappa shape index (κ3) is 7.16. The molecule has 0 saturated carbocycles. The highest BCUT2D eigenvalue weighted by Gasteiger charge is 2.29. The molecule has 1 aromatic rings. The smallest absolute Gasteiger partial charge is 0.414 e.